The second-order valence-corrected chi connectivity index (χ2v) is 7.53. The summed E-state index contributed by atoms with van der Waals surface area (Å²) in [6.45, 7) is 4.52. The summed E-state index contributed by atoms with van der Waals surface area (Å²) < 4.78 is 10.6. The summed E-state index contributed by atoms with van der Waals surface area (Å²) >= 11 is 1.87. The number of guanidine groups is 1. The number of benzene rings is 1. The molecule has 2 aromatic rings. The number of hydrogen-bond acceptors (Lipinski definition) is 5. The van der Waals surface area contributed by atoms with Crippen LogP contribution >= 0.6 is 35.3 Å². The van der Waals surface area contributed by atoms with E-state index in [0.29, 0.717) is 12.5 Å². The molecule has 3 N–H and O–H groups in total. The first-order valence-electron chi connectivity index (χ1n) is 9.22. The normalized spacial score (nSPS) is 14.1. The molecular weight excluding hydrogens is 487 g/mol. The van der Waals surface area contributed by atoms with Crippen LogP contribution in [-0.4, -0.2) is 51.3 Å². The van der Waals surface area contributed by atoms with Gasteiger partial charge in [0.05, 0.1) is 20.8 Å². The second-order valence-electron chi connectivity index (χ2n) is 6.53. The lowest BCUT2D eigenvalue weighted by molar-refractivity contribution is 0.263. The largest absolute Gasteiger partial charge is 0.493 e. The van der Waals surface area contributed by atoms with Crippen molar-refractivity contribution >= 4 is 41.3 Å². The van der Waals surface area contributed by atoms with Crippen molar-refractivity contribution in [2.24, 2.45) is 10.7 Å². The molecule has 3 rings (SSSR count). The van der Waals surface area contributed by atoms with Crippen LogP contribution in [0.1, 0.15) is 16.0 Å². The quantitative estimate of drug-likeness (QED) is 0.321. The highest BCUT2D eigenvalue weighted by molar-refractivity contribution is 14.0. The van der Waals surface area contributed by atoms with Crippen LogP contribution < -0.4 is 20.5 Å². The predicted octanol–water partition coefficient (Wildman–Crippen LogP) is 2.89. The third-order valence-electron chi connectivity index (χ3n) is 4.75. The molecule has 0 saturated heterocycles. The van der Waals surface area contributed by atoms with Gasteiger partial charge in [-0.2, -0.15) is 0 Å². The van der Waals surface area contributed by atoms with E-state index in [-0.39, 0.29) is 24.0 Å². The van der Waals surface area contributed by atoms with Crippen LogP contribution in [0.4, 0.5) is 0 Å². The van der Waals surface area contributed by atoms with E-state index in [1.54, 1.807) is 14.2 Å². The minimum Gasteiger partial charge on any atom is -0.493 e. The molecule has 0 spiro atoms. The zero-order valence-electron chi connectivity index (χ0n) is 16.4. The van der Waals surface area contributed by atoms with Gasteiger partial charge in [-0.25, -0.2) is 0 Å². The van der Waals surface area contributed by atoms with E-state index in [1.807, 2.05) is 29.5 Å². The first kappa shape index (κ1) is 22.8. The minimum absolute atomic E-state index is 0. The van der Waals surface area contributed by atoms with Crippen LogP contribution in [0.15, 0.2) is 34.6 Å². The molecule has 0 radical (unpaired) electrons. The van der Waals surface area contributed by atoms with E-state index in [2.05, 4.69) is 26.7 Å². The molecule has 8 heteroatoms. The van der Waals surface area contributed by atoms with Gasteiger partial charge < -0.3 is 20.5 Å². The molecule has 1 aromatic heterocycles. The highest BCUT2D eigenvalue weighted by Crippen LogP contribution is 2.27. The number of fused-ring (bicyclic) bond motifs is 1. The molecule has 1 aromatic carbocycles. The third-order valence-corrected chi connectivity index (χ3v) is 5.78. The predicted molar refractivity (Wildman–Crippen MR) is 126 cm³/mol. The number of hydrogen-bond donors (Lipinski definition) is 2. The Kier molecular flexibility index (Phi) is 9.33. The maximum atomic E-state index is 5.99. The van der Waals surface area contributed by atoms with Gasteiger partial charge in [-0.1, -0.05) is 6.07 Å². The number of nitrogens with zero attached hydrogens (tertiary/aromatic N) is 2. The fourth-order valence-corrected chi connectivity index (χ4v) is 4.13. The highest BCUT2D eigenvalue weighted by Gasteiger charge is 2.16. The first-order valence-corrected chi connectivity index (χ1v) is 10.1. The lowest BCUT2D eigenvalue weighted by Gasteiger charge is -2.26. The Morgan fingerprint density at radius 2 is 2.07 bits per heavy atom. The van der Waals surface area contributed by atoms with Crippen molar-refractivity contribution in [2.45, 2.75) is 19.4 Å². The van der Waals surface area contributed by atoms with E-state index in [1.165, 1.54) is 10.4 Å². The molecule has 6 nitrogen and oxygen atoms in total. The Labute approximate surface area is 188 Å². The van der Waals surface area contributed by atoms with Gasteiger partial charge in [0.15, 0.2) is 17.5 Å². The molecular formula is C20H29IN4O2S. The van der Waals surface area contributed by atoms with Gasteiger partial charge in [0, 0.05) is 31.1 Å². The number of nitrogens with two attached hydrogens (primary N) is 1. The molecule has 154 valence electrons. The van der Waals surface area contributed by atoms with Gasteiger partial charge in [0.25, 0.3) is 0 Å². The number of thiophene rings is 1. The SMILES string of the molecule is COc1ccc(CCNC(N)=NCCN2CCc3sccc3C2)cc1OC.I. The van der Waals surface area contributed by atoms with E-state index in [0.717, 1.165) is 56.1 Å². The summed E-state index contributed by atoms with van der Waals surface area (Å²) in [5.74, 6) is 1.98. The number of halogens is 1. The Morgan fingerprint density at radius 1 is 1.25 bits per heavy atom. The van der Waals surface area contributed by atoms with Crippen molar-refractivity contribution in [1.29, 1.82) is 0 Å². The zero-order valence-corrected chi connectivity index (χ0v) is 19.6. The third kappa shape index (κ3) is 6.25. The van der Waals surface area contributed by atoms with Crippen molar-refractivity contribution in [1.82, 2.24) is 10.2 Å². The standard InChI is InChI=1S/C20H28N4O2S.HI/c1-25-17-4-3-15(13-18(17)26-2)5-8-22-20(21)23-9-11-24-10-6-19-16(14-24)7-12-27-19;/h3-4,7,12-13H,5-6,8-11,14H2,1-2H3,(H3,21,22,23);1H. The van der Waals surface area contributed by atoms with Crippen LogP contribution in [0.25, 0.3) is 0 Å². The van der Waals surface area contributed by atoms with Crippen molar-refractivity contribution in [3.05, 3.63) is 45.6 Å². The Balaban J connectivity index is 0.00000280. The fraction of sp³-hybridized carbons (Fsp3) is 0.450. The monoisotopic (exact) mass is 516 g/mol. The molecule has 0 unspecified atom stereocenters. The van der Waals surface area contributed by atoms with Gasteiger partial charge >= 0.3 is 0 Å². The fourth-order valence-electron chi connectivity index (χ4n) is 3.24. The lowest BCUT2D eigenvalue weighted by atomic mass is 10.1. The van der Waals surface area contributed by atoms with Crippen LogP contribution in [0, 0.1) is 0 Å². The topological polar surface area (TPSA) is 72.1 Å². The maximum Gasteiger partial charge on any atom is 0.188 e. The Morgan fingerprint density at radius 3 is 2.86 bits per heavy atom. The van der Waals surface area contributed by atoms with E-state index in [4.69, 9.17) is 15.2 Å². The second kappa shape index (κ2) is 11.5. The Bertz CT molecular complexity index is 781. The highest BCUT2D eigenvalue weighted by atomic mass is 127. The van der Waals surface area contributed by atoms with Gasteiger partial charge in [-0.05, 0) is 47.5 Å². The smallest absolute Gasteiger partial charge is 0.188 e. The average molecular weight is 516 g/mol. The van der Waals surface area contributed by atoms with E-state index >= 15 is 0 Å². The minimum atomic E-state index is 0. The summed E-state index contributed by atoms with van der Waals surface area (Å²) in [6.07, 6.45) is 1.99. The molecule has 28 heavy (non-hydrogen) atoms. The summed E-state index contributed by atoms with van der Waals surface area (Å²) in [4.78, 5) is 8.43. The van der Waals surface area contributed by atoms with Crippen molar-refractivity contribution in [3.63, 3.8) is 0 Å². The molecule has 0 bridgehead atoms. The molecule has 0 atom stereocenters. The van der Waals surface area contributed by atoms with E-state index < -0.39 is 0 Å². The van der Waals surface area contributed by atoms with Gasteiger partial charge in [0.1, 0.15) is 0 Å². The Hall–Kier alpha value is -1.52. The number of aliphatic imine (C=N–C) groups is 1. The lowest BCUT2D eigenvalue weighted by Crippen LogP contribution is -2.35. The van der Waals surface area contributed by atoms with Crippen molar-refractivity contribution in [2.75, 3.05) is 40.4 Å². The number of rotatable bonds is 8. The average Bonchev–Trinajstić information content (AvgIpc) is 3.15. The molecule has 2 heterocycles. The molecule has 1 aliphatic rings. The summed E-state index contributed by atoms with van der Waals surface area (Å²) in [6, 6.07) is 8.18. The number of nitrogens with one attached hydrogen (secondary N) is 1. The first-order chi connectivity index (χ1) is 13.2. The van der Waals surface area contributed by atoms with Crippen LogP contribution in [-0.2, 0) is 19.4 Å². The maximum absolute atomic E-state index is 5.99. The number of methoxy groups -OCH3 is 2. The molecule has 0 amide bonds. The molecule has 0 aliphatic carbocycles. The van der Waals surface area contributed by atoms with Crippen molar-refractivity contribution < 1.29 is 9.47 Å². The van der Waals surface area contributed by atoms with Crippen LogP contribution in [0.2, 0.25) is 0 Å². The molecule has 1 aliphatic heterocycles. The van der Waals surface area contributed by atoms with Gasteiger partial charge in [-0.3, -0.25) is 9.89 Å². The number of ether oxygens (including phenoxy) is 2. The molecule has 0 fully saturated rings. The van der Waals surface area contributed by atoms with Crippen LogP contribution in [0.5, 0.6) is 11.5 Å². The zero-order chi connectivity index (χ0) is 19.1. The van der Waals surface area contributed by atoms with Gasteiger partial charge in [0.2, 0.25) is 0 Å². The van der Waals surface area contributed by atoms with Crippen LogP contribution in [0.3, 0.4) is 0 Å². The van der Waals surface area contributed by atoms with E-state index in [9.17, 15) is 0 Å². The summed E-state index contributed by atoms with van der Waals surface area (Å²) in [5, 5.41) is 5.37. The summed E-state index contributed by atoms with van der Waals surface area (Å²) in [5.41, 5.74) is 8.62. The van der Waals surface area contributed by atoms with Crippen molar-refractivity contribution in [3.8, 4) is 11.5 Å². The summed E-state index contributed by atoms with van der Waals surface area (Å²) in [7, 11) is 3.28. The van der Waals surface area contributed by atoms with Gasteiger partial charge in [-0.15, -0.1) is 35.3 Å². The molecule has 0 saturated carbocycles.